The van der Waals surface area contributed by atoms with Crippen LogP contribution in [0, 0.1) is 11.8 Å². The molecule has 0 saturated heterocycles. The van der Waals surface area contributed by atoms with Crippen LogP contribution in [0.5, 0.6) is 0 Å². The molecule has 1 atom stereocenters. The third kappa shape index (κ3) is 3.02. The van der Waals surface area contributed by atoms with E-state index in [2.05, 4.69) is 19.2 Å². The molecule has 0 radical (unpaired) electrons. The van der Waals surface area contributed by atoms with Crippen LogP contribution in [0.15, 0.2) is 0 Å². The molecule has 1 aliphatic rings. The lowest BCUT2D eigenvalue weighted by atomic mass is 9.92. The normalized spacial score (nSPS) is 20.2. The Morgan fingerprint density at radius 3 is 2.62 bits per heavy atom. The van der Waals surface area contributed by atoms with E-state index in [-0.39, 0.29) is 11.8 Å². The molecule has 1 unspecified atom stereocenters. The highest BCUT2D eigenvalue weighted by Crippen LogP contribution is 2.31. The molecule has 1 rings (SSSR count). The molecule has 2 nitrogen and oxygen atoms in total. The second-order valence-corrected chi connectivity index (χ2v) is 4.12. The average Bonchev–Trinajstić information content (AvgIpc) is 2.65. The van der Waals surface area contributed by atoms with E-state index in [0.29, 0.717) is 5.92 Å². The van der Waals surface area contributed by atoms with Crippen LogP contribution in [0.3, 0.4) is 0 Å². The van der Waals surface area contributed by atoms with E-state index in [0.717, 1.165) is 13.0 Å². The van der Waals surface area contributed by atoms with Gasteiger partial charge in [0, 0.05) is 12.5 Å². The second-order valence-electron chi connectivity index (χ2n) is 4.12. The molecule has 0 bridgehead atoms. The summed E-state index contributed by atoms with van der Waals surface area (Å²) in [6, 6.07) is 0. The van der Waals surface area contributed by atoms with Crippen LogP contribution in [0.25, 0.3) is 0 Å². The molecule has 2 heteroatoms. The maximum Gasteiger partial charge on any atom is 0.223 e. The van der Waals surface area contributed by atoms with Gasteiger partial charge in [0.15, 0.2) is 0 Å². The van der Waals surface area contributed by atoms with Gasteiger partial charge in [-0.2, -0.15) is 0 Å². The van der Waals surface area contributed by atoms with Crippen molar-refractivity contribution in [2.24, 2.45) is 11.8 Å². The number of carbonyl (C=O) groups excluding carboxylic acids is 1. The molecular weight excluding hydrogens is 162 g/mol. The Morgan fingerprint density at radius 2 is 2.08 bits per heavy atom. The molecule has 0 heterocycles. The van der Waals surface area contributed by atoms with Gasteiger partial charge >= 0.3 is 0 Å². The quantitative estimate of drug-likeness (QED) is 0.712. The minimum Gasteiger partial charge on any atom is -0.356 e. The Morgan fingerprint density at radius 1 is 1.46 bits per heavy atom. The highest BCUT2D eigenvalue weighted by Gasteiger charge is 2.26. The van der Waals surface area contributed by atoms with Gasteiger partial charge in [-0.15, -0.1) is 0 Å². The molecule has 1 N–H and O–H groups in total. The van der Waals surface area contributed by atoms with Crippen molar-refractivity contribution in [2.45, 2.75) is 46.0 Å². The van der Waals surface area contributed by atoms with Gasteiger partial charge < -0.3 is 5.32 Å². The number of nitrogens with one attached hydrogen (secondary N) is 1. The smallest absolute Gasteiger partial charge is 0.223 e. The number of rotatable bonds is 4. The topological polar surface area (TPSA) is 29.1 Å². The van der Waals surface area contributed by atoms with Crippen LogP contribution in [0.2, 0.25) is 0 Å². The Hall–Kier alpha value is -0.530. The fourth-order valence-electron chi connectivity index (χ4n) is 2.08. The first-order chi connectivity index (χ1) is 6.25. The SMILES string of the molecule is CCCNC(=O)C(C)C1CCCC1. The van der Waals surface area contributed by atoms with Gasteiger partial charge in [-0.3, -0.25) is 4.79 Å². The first-order valence-corrected chi connectivity index (χ1v) is 5.53. The van der Waals surface area contributed by atoms with Gasteiger partial charge in [-0.05, 0) is 25.2 Å². The zero-order chi connectivity index (χ0) is 9.68. The van der Waals surface area contributed by atoms with Crippen molar-refractivity contribution in [3.05, 3.63) is 0 Å². The minimum atomic E-state index is 0.231. The van der Waals surface area contributed by atoms with Crippen LogP contribution in [-0.2, 0) is 4.79 Å². The van der Waals surface area contributed by atoms with Crippen molar-refractivity contribution in [3.63, 3.8) is 0 Å². The van der Waals surface area contributed by atoms with Crippen LogP contribution in [0.1, 0.15) is 46.0 Å². The van der Waals surface area contributed by atoms with Crippen molar-refractivity contribution >= 4 is 5.91 Å². The van der Waals surface area contributed by atoms with E-state index in [1.165, 1.54) is 25.7 Å². The number of amides is 1. The van der Waals surface area contributed by atoms with Gasteiger partial charge in [-0.25, -0.2) is 0 Å². The largest absolute Gasteiger partial charge is 0.356 e. The van der Waals surface area contributed by atoms with Gasteiger partial charge in [0.25, 0.3) is 0 Å². The summed E-state index contributed by atoms with van der Waals surface area (Å²) in [6.45, 7) is 4.98. The van der Waals surface area contributed by atoms with Gasteiger partial charge in [0.1, 0.15) is 0 Å². The second kappa shape index (κ2) is 5.25. The highest BCUT2D eigenvalue weighted by molar-refractivity contribution is 5.78. The first-order valence-electron chi connectivity index (χ1n) is 5.53. The monoisotopic (exact) mass is 183 g/mol. The summed E-state index contributed by atoms with van der Waals surface area (Å²) >= 11 is 0. The summed E-state index contributed by atoms with van der Waals surface area (Å²) in [5.41, 5.74) is 0. The number of carbonyl (C=O) groups is 1. The van der Waals surface area contributed by atoms with E-state index in [9.17, 15) is 4.79 Å². The number of hydrogen-bond donors (Lipinski definition) is 1. The van der Waals surface area contributed by atoms with Gasteiger partial charge in [-0.1, -0.05) is 26.7 Å². The van der Waals surface area contributed by atoms with Crippen LogP contribution >= 0.6 is 0 Å². The maximum absolute atomic E-state index is 11.6. The number of hydrogen-bond acceptors (Lipinski definition) is 1. The van der Waals surface area contributed by atoms with Crippen LogP contribution < -0.4 is 5.32 Å². The molecular formula is C11H21NO. The Labute approximate surface area is 81.1 Å². The molecule has 76 valence electrons. The summed E-state index contributed by atoms with van der Waals surface area (Å²) in [5, 5.41) is 2.97. The molecule has 1 fully saturated rings. The molecule has 0 spiro atoms. The Kier molecular flexibility index (Phi) is 4.26. The lowest BCUT2D eigenvalue weighted by Crippen LogP contribution is -2.33. The fraction of sp³-hybridized carbons (Fsp3) is 0.909. The standard InChI is InChI=1S/C11H21NO/c1-3-8-12-11(13)9(2)10-6-4-5-7-10/h9-10H,3-8H2,1-2H3,(H,12,13). The van der Waals surface area contributed by atoms with E-state index < -0.39 is 0 Å². The molecule has 0 aromatic heterocycles. The molecule has 13 heavy (non-hydrogen) atoms. The van der Waals surface area contributed by atoms with Crippen molar-refractivity contribution in [1.29, 1.82) is 0 Å². The van der Waals surface area contributed by atoms with E-state index in [4.69, 9.17) is 0 Å². The highest BCUT2D eigenvalue weighted by atomic mass is 16.1. The molecule has 0 aromatic rings. The van der Waals surface area contributed by atoms with E-state index in [1.807, 2.05) is 0 Å². The Balaban J connectivity index is 2.28. The Bertz CT molecular complexity index is 161. The van der Waals surface area contributed by atoms with Crippen molar-refractivity contribution in [3.8, 4) is 0 Å². The fourth-order valence-corrected chi connectivity index (χ4v) is 2.08. The summed E-state index contributed by atoms with van der Waals surface area (Å²) in [6.07, 6.45) is 6.16. The van der Waals surface area contributed by atoms with Crippen molar-refractivity contribution in [2.75, 3.05) is 6.54 Å². The van der Waals surface area contributed by atoms with E-state index in [1.54, 1.807) is 0 Å². The van der Waals surface area contributed by atoms with Gasteiger partial charge in [0.05, 0.1) is 0 Å². The van der Waals surface area contributed by atoms with E-state index >= 15 is 0 Å². The minimum absolute atomic E-state index is 0.231. The lowest BCUT2D eigenvalue weighted by Gasteiger charge is -2.17. The lowest BCUT2D eigenvalue weighted by molar-refractivity contribution is -0.126. The zero-order valence-corrected chi connectivity index (χ0v) is 8.81. The molecule has 1 saturated carbocycles. The van der Waals surface area contributed by atoms with Crippen molar-refractivity contribution in [1.82, 2.24) is 5.32 Å². The van der Waals surface area contributed by atoms with Crippen molar-refractivity contribution < 1.29 is 4.79 Å². The molecule has 0 aliphatic heterocycles. The third-order valence-electron chi connectivity index (χ3n) is 3.07. The zero-order valence-electron chi connectivity index (χ0n) is 8.81. The summed E-state index contributed by atoms with van der Waals surface area (Å²) < 4.78 is 0. The first kappa shape index (κ1) is 10.6. The predicted molar refractivity (Wildman–Crippen MR) is 54.4 cm³/mol. The summed E-state index contributed by atoms with van der Waals surface area (Å²) in [5.74, 6) is 1.14. The summed E-state index contributed by atoms with van der Waals surface area (Å²) in [4.78, 5) is 11.6. The predicted octanol–water partition coefficient (Wildman–Crippen LogP) is 2.34. The third-order valence-corrected chi connectivity index (χ3v) is 3.07. The molecule has 0 aromatic carbocycles. The average molecular weight is 183 g/mol. The maximum atomic E-state index is 11.6. The van der Waals surface area contributed by atoms with Crippen LogP contribution in [0.4, 0.5) is 0 Å². The molecule has 1 amide bonds. The molecule has 1 aliphatic carbocycles. The van der Waals surface area contributed by atoms with Gasteiger partial charge in [0.2, 0.25) is 5.91 Å². The summed E-state index contributed by atoms with van der Waals surface area (Å²) in [7, 11) is 0. The van der Waals surface area contributed by atoms with Crippen LogP contribution in [-0.4, -0.2) is 12.5 Å².